The van der Waals surface area contributed by atoms with Crippen LogP contribution in [0, 0.1) is 69.8 Å². The summed E-state index contributed by atoms with van der Waals surface area (Å²) in [6.45, 7) is -2.87. The molecule has 9 heterocycles. The van der Waals surface area contributed by atoms with E-state index < -0.39 is 279 Å². The summed E-state index contributed by atoms with van der Waals surface area (Å²) in [5.41, 5.74) is -15.2. The minimum absolute atomic E-state index is 0.0285. The van der Waals surface area contributed by atoms with Gasteiger partial charge in [-0.15, -0.1) is 0 Å². The van der Waals surface area contributed by atoms with Crippen molar-refractivity contribution >= 4 is 87.6 Å². The van der Waals surface area contributed by atoms with E-state index >= 15 is 52.7 Å². The van der Waals surface area contributed by atoms with Crippen molar-refractivity contribution in [1.29, 1.82) is 0 Å². The zero-order valence-corrected chi connectivity index (χ0v) is 54.8. The van der Waals surface area contributed by atoms with Gasteiger partial charge in [-0.05, 0) is 0 Å². The van der Waals surface area contributed by atoms with Crippen LogP contribution in [0.5, 0.6) is 0 Å². The van der Waals surface area contributed by atoms with Gasteiger partial charge in [0.1, 0.15) is 0 Å². The Morgan fingerprint density at radius 2 is 0.687 bits per heavy atom. The van der Waals surface area contributed by atoms with Gasteiger partial charge >= 0.3 is 541 Å². The number of aliphatic imine (C=N–C) groups is 3. The van der Waals surface area contributed by atoms with Crippen LogP contribution < -0.4 is 0 Å². The van der Waals surface area contributed by atoms with Crippen molar-refractivity contribution in [1.82, 2.24) is 9.82 Å². The molecule has 6 aliphatic rings. The monoisotopic (exact) mass is 1510 g/mol. The summed E-state index contributed by atoms with van der Waals surface area (Å²) >= 11 is -5.71. The molecule has 6 aromatic rings. The molecule has 0 radical (unpaired) electrons. The summed E-state index contributed by atoms with van der Waals surface area (Å²) in [5, 5.41) is 114. The Morgan fingerprint density at radius 3 is 0.970 bits per heavy atom. The topological polar surface area (TPSA) is 302 Å². The predicted octanol–water partition coefficient (Wildman–Crippen LogP) is 5.60. The number of aromatic nitrogens is 3. The van der Waals surface area contributed by atoms with Gasteiger partial charge < -0.3 is 30.6 Å². The number of thioether (sulfide) groups is 3. The molecular formula is C63H51F12GaN6O14S3. The van der Waals surface area contributed by atoms with E-state index in [-0.39, 0.29) is 35.3 Å². The van der Waals surface area contributed by atoms with Crippen LogP contribution in [0.2, 0.25) is 0 Å². The number of halogens is 12. The molecule has 3 fully saturated rings. The molecule has 0 aliphatic carbocycles. The molecule has 3 aromatic carbocycles. The van der Waals surface area contributed by atoms with E-state index in [4.69, 9.17) is 14.2 Å². The number of aliphatic hydroxyl groups excluding tert-OH is 11. The summed E-state index contributed by atoms with van der Waals surface area (Å²) in [5.74, 6) is -25.5. The second-order valence-electron chi connectivity index (χ2n) is 22.7. The SMILES string of the molecule is OCC1O[C@@H](Sc2c(F)c(F)c(/C(=C3\C=CC=N3)c3ccc[n]3[Ga]([n]3cccc3/C(=C3/C=CC=N3)c3c(F)c(F)c(S[C@@H]4OC(CO)[C@H](O)[C@H](O)C4O)c(F)c3F)[n]3cccc3/C(=C3/C=CC=N3)c3c(F)c(F)c(S[C@@H]4OC(CO)[C@H](O)[C@H](O)C4O)c(F)c3F)c(F)c2F)C(O)C[C@H]1O. The Hall–Kier alpha value is -6.76. The van der Waals surface area contributed by atoms with E-state index in [0.29, 0.717) is 0 Å². The van der Waals surface area contributed by atoms with Crippen molar-refractivity contribution in [3.8, 4) is 0 Å². The summed E-state index contributed by atoms with van der Waals surface area (Å²) in [7, 11) is 0. The fraction of sp³-hybridized carbons (Fsp3) is 0.286. The molecule has 3 aromatic heterocycles. The van der Waals surface area contributed by atoms with Gasteiger partial charge in [-0.1, -0.05) is 0 Å². The van der Waals surface area contributed by atoms with Crippen LogP contribution in [0.1, 0.15) is 40.2 Å². The van der Waals surface area contributed by atoms with Crippen LogP contribution in [-0.4, -0.2) is 205 Å². The number of rotatable bonds is 18. The molecular weight excluding hydrogens is 1460 g/mol. The van der Waals surface area contributed by atoms with Gasteiger partial charge in [-0.3, -0.25) is 0 Å². The van der Waals surface area contributed by atoms with Crippen LogP contribution in [0.3, 0.4) is 0 Å². The van der Waals surface area contributed by atoms with Crippen LogP contribution >= 0.6 is 35.3 Å². The maximum absolute atomic E-state index is 17.5. The Morgan fingerprint density at radius 1 is 0.394 bits per heavy atom. The third kappa shape index (κ3) is 12.8. The van der Waals surface area contributed by atoms with Crippen molar-refractivity contribution in [3.63, 3.8) is 0 Å². The first-order valence-corrected chi connectivity index (χ1v) is 35.4. The van der Waals surface area contributed by atoms with Crippen molar-refractivity contribution in [3.05, 3.63) is 212 Å². The van der Waals surface area contributed by atoms with E-state index in [1.165, 1.54) is 64.8 Å². The van der Waals surface area contributed by atoms with Crippen LogP contribution in [0.4, 0.5) is 52.7 Å². The second-order valence-corrected chi connectivity index (χ2v) is 30.9. The molecule has 0 spiro atoms. The van der Waals surface area contributed by atoms with Crippen LogP contribution in [-0.2, 0) is 14.2 Å². The molecule has 0 bridgehead atoms. The normalized spacial score (nSPS) is 28.2. The summed E-state index contributed by atoms with van der Waals surface area (Å²) in [6.07, 6.45) is -6.87. The number of aliphatic hydroxyl groups is 11. The Balaban J connectivity index is 1.08. The average Bonchev–Trinajstić information content (AvgIpc) is 1.67. The molecule has 20 nitrogen and oxygen atoms in total. The number of allylic oxidation sites excluding steroid dienone is 6. The molecule has 12 rings (SSSR count). The van der Waals surface area contributed by atoms with Crippen molar-refractivity contribution in [2.24, 2.45) is 15.0 Å². The van der Waals surface area contributed by atoms with Gasteiger partial charge in [-0.2, -0.15) is 0 Å². The average molecular weight is 1510 g/mol. The van der Waals surface area contributed by atoms with Gasteiger partial charge in [-0.25, -0.2) is 0 Å². The first-order valence-electron chi connectivity index (χ1n) is 29.5. The molecule has 14 atom stereocenters. The van der Waals surface area contributed by atoms with Crippen molar-refractivity contribution in [2.75, 3.05) is 19.8 Å². The van der Waals surface area contributed by atoms with E-state index in [1.807, 2.05) is 0 Å². The quantitative estimate of drug-likeness (QED) is 0.0284. The number of nitrogens with zero attached hydrogens (tertiary/aromatic N) is 6. The number of ether oxygens (including phenoxy) is 3. The van der Waals surface area contributed by atoms with E-state index in [0.717, 1.165) is 55.1 Å². The molecule has 3 saturated heterocycles. The molecule has 522 valence electrons. The minimum atomic E-state index is -5.33. The third-order valence-corrected chi connectivity index (χ3v) is 26.5. The second kappa shape index (κ2) is 29.3. The first-order chi connectivity index (χ1) is 47.3. The molecule has 6 unspecified atom stereocenters. The first kappa shape index (κ1) is 72.0. The van der Waals surface area contributed by atoms with E-state index in [2.05, 4.69) is 15.0 Å². The molecule has 0 saturated carbocycles. The Labute approximate surface area is 569 Å². The van der Waals surface area contributed by atoms with Crippen LogP contribution in [0.25, 0.3) is 16.7 Å². The zero-order chi connectivity index (χ0) is 70.9. The molecule has 6 aliphatic heterocycles. The molecule has 0 amide bonds. The summed E-state index contributed by atoms with van der Waals surface area (Å²) in [6, 6.07) is 7.08. The van der Waals surface area contributed by atoms with Crippen LogP contribution in [0.15, 0.2) is 138 Å². The third-order valence-electron chi connectivity index (χ3n) is 16.8. The van der Waals surface area contributed by atoms with Crippen molar-refractivity contribution < 1.29 is 123 Å². The Kier molecular flexibility index (Phi) is 21.3. The number of benzene rings is 3. The number of hydrogen-bond acceptors (Lipinski definition) is 20. The van der Waals surface area contributed by atoms with E-state index in [9.17, 15) is 56.2 Å². The Bertz CT molecular complexity index is 4170. The standard InChI is InChI=1S/2C21H17F4N2O5S.C21H17F4N2O4S.Ga/c2*22-13-12(11(8-3-1-5-26-8)9-4-2-6-27-9)14(23)16(25)20(15(13)24)33-21-19(31)18(30)17(29)10(7-28)32-21;22-16-15(14(9-3-1-5-26-9)10-4-2-6-27-10)17(23)19(25)20(18(16)24)32-21-12(30)7-11(29)13(8-28)31-21;/h2*1-6,10,17-19,21,28-31H,7H2;1-6,11-13,21,28-30H,7-8H2;/q3*-1;+3/b2*11-8+;14-9+;/t2*10?,17-,18-,19?,21-;11-,12?,13?,21+;/m001./s1. The van der Waals surface area contributed by atoms with Gasteiger partial charge in [0.25, 0.3) is 0 Å². The minimum Gasteiger partial charge on any atom is -0.390 e. The molecule has 11 N–H and O–H groups in total. The van der Waals surface area contributed by atoms with Gasteiger partial charge in [0.15, 0.2) is 0 Å². The summed E-state index contributed by atoms with van der Waals surface area (Å²) in [4.78, 5) is 8.31. The molecule has 99 heavy (non-hydrogen) atoms. The van der Waals surface area contributed by atoms with Crippen molar-refractivity contribution in [2.45, 2.75) is 105 Å². The number of hydrogen-bond donors (Lipinski definition) is 11. The predicted molar refractivity (Wildman–Crippen MR) is 333 cm³/mol. The van der Waals surface area contributed by atoms with Gasteiger partial charge in [0.2, 0.25) is 0 Å². The van der Waals surface area contributed by atoms with E-state index in [1.54, 1.807) is 0 Å². The fourth-order valence-corrected chi connectivity index (χ4v) is 21.5. The van der Waals surface area contributed by atoms with Gasteiger partial charge in [0.05, 0.1) is 0 Å². The smallest absolute Gasteiger partial charge is 0.390 e. The zero-order valence-electron chi connectivity index (χ0n) is 50.0. The van der Waals surface area contributed by atoms with Gasteiger partial charge in [0, 0.05) is 0 Å². The molecule has 36 heteroatoms. The maximum atomic E-state index is 17.5. The summed E-state index contributed by atoms with van der Waals surface area (Å²) < 4.78 is 226. The fourth-order valence-electron chi connectivity index (χ4n) is 11.9.